The van der Waals surface area contributed by atoms with Crippen molar-refractivity contribution in [2.45, 2.75) is 20.3 Å². The van der Waals surface area contributed by atoms with Crippen molar-refractivity contribution in [3.8, 4) is 11.8 Å². The second-order valence-electron chi connectivity index (χ2n) is 4.50. The van der Waals surface area contributed by atoms with Gasteiger partial charge < -0.3 is 19.5 Å². The summed E-state index contributed by atoms with van der Waals surface area (Å²) >= 11 is 0. The second kappa shape index (κ2) is 8.53. The van der Waals surface area contributed by atoms with Gasteiger partial charge in [-0.2, -0.15) is 9.97 Å². The van der Waals surface area contributed by atoms with Crippen molar-refractivity contribution >= 4 is 5.95 Å². The molecule has 6 heteroatoms. The fourth-order valence-corrected chi connectivity index (χ4v) is 1.35. The van der Waals surface area contributed by atoms with Gasteiger partial charge in [0.05, 0.1) is 26.9 Å². The van der Waals surface area contributed by atoms with E-state index in [9.17, 15) is 0 Å². The maximum absolute atomic E-state index is 5.50. The Hall–Kier alpha value is -1.56. The molecule has 0 aliphatic rings. The molecule has 0 atom stereocenters. The molecule has 0 aromatic carbocycles. The lowest BCUT2D eigenvalue weighted by molar-refractivity contribution is 0.132. The van der Waals surface area contributed by atoms with Gasteiger partial charge in [0.25, 0.3) is 0 Å². The molecule has 0 spiro atoms. The molecule has 0 aliphatic carbocycles. The van der Waals surface area contributed by atoms with Gasteiger partial charge in [-0.25, -0.2) is 0 Å². The molecule has 0 radical (unpaired) electrons. The van der Waals surface area contributed by atoms with Gasteiger partial charge in [0, 0.05) is 13.2 Å². The summed E-state index contributed by atoms with van der Waals surface area (Å²) in [6.45, 7) is 6.40. The van der Waals surface area contributed by atoms with Crippen molar-refractivity contribution in [1.29, 1.82) is 0 Å². The minimum absolute atomic E-state index is 0.468. The number of ether oxygens (including phenoxy) is 3. The predicted octanol–water partition coefficient (Wildman–Crippen LogP) is 1.97. The fourth-order valence-electron chi connectivity index (χ4n) is 1.35. The van der Waals surface area contributed by atoms with E-state index in [1.54, 1.807) is 20.3 Å². The lowest BCUT2D eigenvalue weighted by Gasteiger charge is -2.09. The first-order valence-corrected chi connectivity index (χ1v) is 6.44. The number of anilines is 1. The zero-order valence-electron chi connectivity index (χ0n) is 12.1. The third kappa shape index (κ3) is 6.24. The first kappa shape index (κ1) is 15.5. The molecule has 0 aliphatic heterocycles. The van der Waals surface area contributed by atoms with Crippen molar-refractivity contribution in [2.24, 2.45) is 5.92 Å². The molecule has 1 rings (SSSR count). The molecular weight excluding hydrogens is 246 g/mol. The highest BCUT2D eigenvalue weighted by Gasteiger charge is 2.04. The van der Waals surface area contributed by atoms with E-state index >= 15 is 0 Å². The highest BCUT2D eigenvalue weighted by atomic mass is 16.5. The topological polar surface area (TPSA) is 65.5 Å². The average Bonchev–Trinajstić information content (AvgIpc) is 2.41. The number of hydrogen-bond acceptors (Lipinski definition) is 6. The Morgan fingerprint density at radius 2 is 1.74 bits per heavy atom. The summed E-state index contributed by atoms with van der Waals surface area (Å²) in [5.74, 6) is 2.08. The number of rotatable bonds is 9. The Kier molecular flexibility index (Phi) is 6.95. The van der Waals surface area contributed by atoms with E-state index in [-0.39, 0.29) is 0 Å². The predicted molar refractivity (Wildman–Crippen MR) is 73.9 cm³/mol. The van der Waals surface area contributed by atoms with E-state index in [4.69, 9.17) is 14.2 Å². The number of nitrogens with one attached hydrogen (secondary N) is 1. The normalized spacial score (nSPS) is 10.6. The lowest BCUT2D eigenvalue weighted by atomic mass is 10.1. The minimum atomic E-state index is 0.468. The molecule has 19 heavy (non-hydrogen) atoms. The smallest absolute Gasteiger partial charge is 0.229 e. The molecule has 1 N–H and O–H groups in total. The van der Waals surface area contributed by atoms with Crippen LogP contribution in [-0.4, -0.2) is 43.9 Å². The van der Waals surface area contributed by atoms with Gasteiger partial charge in [-0.15, -0.1) is 0 Å². The Labute approximate surface area is 114 Å². The van der Waals surface area contributed by atoms with Crippen molar-refractivity contribution in [3.63, 3.8) is 0 Å². The summed E-state index contributed by atoms with van der Waals surface area (Å²) < 4.78 is 15.6. The molecule has 0 bridgehead atoms. The number of nitrogens with zero attached hydrogens (tertiary/aromatic N) is 2. The van der Waals surface area contributed by atoms with Gasteiger partial charge in [0.15, 0.2) is 0 Å². The van der Waals surface area contributed by atoms with Gasteiger partial charge in [-0.1, -0.05) is 13.8 Å². The minimum Gasteiger partial charge on any atom is -0.481 e. The van der Waals surface area contributed by atoms with E-state index in [1.807, 2.05) is 0 Å². The molecule has 0 unspecified atom stereocenters. The Morgan fingerprint density at radius 3 is 2.26 bits per heavy atom. The first-order valence-electron chi connectivity index (χ1n) is 6.44. The van der Waals surface area contributed by atoms with Gasteiger partial charge in [0.1, 0.15) is 0 Å². The van der Waals surface area contributed by atoms with Crippen molar-refractivity contribution in [3.05, 3.63) is 6.07 Å². The molecule has 6 nitrogen and oxygen atoms in total. The summed E-state index contributed by atoms with van der Waals surface area (Å²) in [6, 6.07) is 1.63. The van der Waals surface area contributed by atoms with Gasteiger partial charge in [-0.05, 0) is 12.3 Å². The van der Waals surface area contributed by atoms with Crippen LogP contribution in [0.3, 0.4) is 0 Å². The molecule has 0 saturated carbocycles. The molecular formula is C13H23N3O3. The fraction of sp³-hybridized carbons (Fsp3) is 0.692. The van der Waals surface area contributed by atoms with E-state index in [2.05, 4.69) is 29.1 Å². The molecule has 0 amide bonds. The van der Waals surface area contributed by atoms with Gasteiger partial charge >= 0.3 is 0 Å². The SMILES string of the molecule is COc1cc(OC)nc(NCCOCCC(C)C)n1. The Balaban J connectivity index is 2.32. The maximum atomic E-state index is 5.50. The summed E-state index contributed by atoms with van der Waals surface area (Å²) in [5, 5.41) is 3.07. The Bertz CT molecular complexity index is 350. The first-order chi connectivity index (χ1) is 9.15. The monoisotopic (exact) mass is 269 g/mol. The van der Waals surface area contributed by atoms with Gasteiger partial charge in [0.2, 0.25) is 17.7 Å². The van der Waals surface area contributed by atoms with E-state index in [0.29, 0.717) is 36.8 Å². The summed E-state index contributed by atoms with van der Waals surface area (Å²) in [4.78, 5) is 8.33. The molecule has 108 valence electrons. The number of hydrogen-bond donors (Lipinski definition) is 1. The standard InChI is InChI=1S/C13H23N3O3/c1-10(2)5-7-19-8-6-14-13-15-11(17-3)9-12(16-13)18-4/h9-10H,5-8H2,1-4H3,(H,14,15,16). The third-order valence-corrected chi connectivity index (χ3v) is 2.47. The number of methoxy groups -OCH3 is 2. The van der Waals surface area contributed by atoms with E-state index in [1.165, 1.54) is 0 Å². The van der Waals surface area contributed by atoms with Gasteiger partial charge in [-0.3, -0.25) is 0 Å². The molecule has 1 heterocycles. The molecule has 0 saturated heterocycles. The number of aromatic nitrogens is 2. The molecule has 0 fully saturated rings. The van der Waals surface area contributed by atoms with Crippen molar-refractivity contribution in [1.82, 2.24) is 9.97 Å². The summed E-state index contributed by atoms with van der Waals surface area (Å²) in [5.41, 5.74) is 0. The molecule has 1 aromatic heterocycles. The maximum Gasteiger partial charge on any atom is 0.229 e. The van der Waals surface area contributed by atoms with Crippen LogP contribution >= 0.6 is 0 Å². The largest absolute Gasteiger partial charge is 0.481 e. The summed E-state index contributed by atoms with van der Waals surface area (Å²) in [6.07, 6.45) is 1.07. The van der Waals surface area contributed by atoms with Crippen LogP contribution in [0.2, 0.25) is 0 Å². The quantitative estimate of drug-likeness (QED) is 0.691. The van der Waals surface area contributed by atoms with Crippen LogP contribution in [0, 0.1) is 5.92 Å². The van der Waals surface area contributed by atoms with Crippen LogP contribution in [0.1, 0.15) is 20.3 Å². The molecule has 1 aromatic rings. The van der Waals surface area contributed by atoms with Crippen LogP contribution in [-0.2, 0) is 4.74 Å². The van der Waals surface area contributed by atoms with Crippen LogP contribution in [0.4, 0.5) is 5.95 Å². The highest BCUT2D eigenvalue weighted by molar-refractivity contribution is 5.33. The zero-order chi connectivity index (χ0) is 14.1. The lowest BCUT2D eigenvalue weighted by Crippen LogP contribution is -2.13. The van der Waals surface area contributed by atoms with E-state index in [0.717, 1.165) is 13.0 Å². The van der Waals surface area contributed by atoms with E-state index < -0.39 is 0 Å². The van der Waals surface area contributed by atoms with Crippen molar-refractivity contribution < 1.29 is 14.2 Å². The second-order valence-corrected chi connectivity index (χ2v) is 4.50. The van der Waals surface area contributed by atoms with Crippen LogP contribution in [0.15, 0.2) is 6.07 Å². The van der Waals surface area contributed by atoms with Crippen molar-refractivity contribution in [2.75, 3.05) is 39.3 Å². The third-order valence-electron chi connectivity index (χ3n) is 2.47. The zero-order valence-corrected chi connectivity index (χ0v) is 12.1. The van der Waals surface area contributed by atoms with Crippen LogP contribution in [0.25, 0.3) is 0 Å². The van der Waals surface area contributed by atoms with Crippen LogP contribution < -0.4 is 14.8 Å². The Morgan fingerprint density at radius 1 is 1.11 bits per heavy atom. The average molecular weight is 269 g/mol. The van der Waals surface area contributed by atoms with Crippen LogP contribution in [0.5, 0.6) is 11.8 Å². The highest BCUT2D eigenvalue weighted by Crippen LogP contribution is 2.16. The summed E-state index contributed by atoms with van der Waals surface area (Å²) in [7, 11) is 3.11.